The molecule has 0 saturated carbocycles. The Bertz CT molecular complexity index is 2230. The number of fused-ring (bicyclic) bond motifs is 1. The number of allylic oxidation sites excluding steroid dienone is 8. The van der Waals surface area contributed by atoms with E-state index in [2.05, 4.69) is 133 Å². The van der Waals surface area contributed by atoms with Gasteiger partial charge in [0.15, 0.2) is 11.6 Å². The first-order chi connectivity index (χ1) is 34.7. The van der Waals surface area contributed by atoms with Gasteiger partial charge in [0.25, 0.3) is 0 Å². The number of hydrogen-bond donors (Lipinski definition) is 3. The van der Waals surface area contributed by atoms with Crippen molar-refractivity contribution in [3.05, 3.63) is 130 Å². The summed E-state index contributed by atoms with van der Waals surface area (Å²) in [7, 11) is 2.17. The molecule has 0 aliphatic carbocycles. The van der Waals surface area contributed by atoms with E-state index in [4.69, 9.17) is 0 Å². The van der Waals surface area contributed by atoms with Gasteiger partial charge in [-0.2, -0.15) is 5.10 Å². The number of likely N-dealkylation sites (tertiary alicyclic amines) is 1. The van der Waals surface area contributed by atoms with Crippen LogP contribution >= 0.6 is 0 Å². The van der Waals surface area contributed by atoms with Gasteiger partial charge in [-0.05, 0) is 147 Å². The Balaban J connectivity index is 0.000000413. The largest absolute Gasteiger partial charge is 0.374 e. The topological polar surface area (TPSA) is 114 Å². The van der Waals surface area contributed by atoms with Gasteiger partial charge in [-0.25, -0.2) is 0 Å². The molecule has 2 fully saturated rings. The van der Waals surface area contributed by atoms with Crippen LogP contribution in [0.2, 0.25) is 0 Å². The van der Waals surface area contributed by atoms with Crippen molar-refractivity contribution in [1.29, 1.82) is 0 Å². The number of carbonyl (C=O) groups excluding carboxylic acids is 3. The van der Waals surface area contributed by atoms with Gasteiger partial charge in [0.1, 0.15) is 6.04 Å². The maximum absolute atomic E-state index is 11.7. The number of Topliss-reactive ketones (excluding diaryl/α,β-unsaturated/α-hetero) is 2. The van der Waals surface area contributed by atoms with Gasteiger partial charge in [-0.1, -0.05) is 141 Å². The molecule has 3 aliphatic rings. The SMILES string of the molecule is C=C(/C=C\C(C)=C/C)NC1CCC(=O)CNC1=O.CC.CC.CC(=O)c1ccc(C2CCN(C/C(C)=C/C3=C(C)N(C)CC=C3c3ccc4[nH]ncc4c3)CC2)cc1.CCCC(CCC)N(CCC)CCC. The Kier molecular flexibility index (Phi) is 30.5. The molecule has 3 N–H and O–H groups in total. The molecule has 2 aromatic carbocycles. The van der Waals surface area contributed by atoms with Crippen LogP contribution in [-0.4, -0.2) is 107 Å². The fourth-order valence-electron chi connectivity index (χ4n) is 9.30. The first-order valence-electron chi connectivity index (χ1n) is 27.6. The van der Waals surface area contributed by atoms with Crippen LogP contribution in [0.25, 0.3) is 16.5 Å². The molecule has 3 aliphatic heterocycles. The number of nitrogens with zero attached hydrogens (tertiary/aromatic N) is 4. The van der Waals surface area contributed by atoms with Crippen LogP contribution in [0.1, 0.15) is 182 Å². The number of benzene rings is 2. The molecule has 0 spiro atoms. The van der Waals surface area contributed by atoms with E-state index in [-0.39, 0.29) is 30.1 Å². The number of piperidine rings is 1. The molecule has 10 nitrogen and oxygen atoms in total. The summed E-state index contributed by atoms with van der Waals surface area (Å²) in [6, 6.07) is 15.3. The van der Waals surface area contributed by atoms with Crippen LogP contribution in [-0.2, 0) is 9.59 Å². The third-order valence-corrected chi connectivity index (χ3v) is 13.4. The molecule has 6 rings (SSSR count). The zero-order valence-electron chi connectivity index (χ0n) is 47.5. The maximum atomic E-state index is 11.7. The second-order valence-electron chi connectivity index (χ2n) is 19.0. The van der Waals surface area contributed by atoms with E-state index in [0.717, 1.165) is 67.1 Å². The average Bonchev–Trinajstić information content (AvgIpc) is 3.81. The van der Waals surface area contributed by atoms with Gasteiger partial charge in [0.05, 0.1) is 18.3 Å². The molecule has 10 heteroatoms. The summed E-state index contributed by atoms with van der Waals surface area (Å²) < 4.78 is 0. The molecule has 1 unspecified atom stereocenters. The first kappa shape index (κ1) is 62.8. The number of nitrogens with one attached hydrogen (secondary N) is 3. The lowest BCUT2D eigenvalue weighted by molar-refractivity contribution is -0.124. The lowest BCUT2D eigenvalue weighted by Crippen LogP contribution is -2.42. The Morgan fingerprint density at radius 2 is 1.54 bits per heavy atom. The number of aromatic amines is 1. The standard InChI is InChI=1S/C31H36N4O.C14H20N2O2.C13H29N.2C2H6/c1-21(20-35-15-11-26(12-16-35)25-7-5-24(6-8-25)23(3)36)17-30-22(2)34(4)14-13-29(30)27-9-10-31-28(18-27)19-32-33-31;1-4-10(2)5-6-11(3)16-13-8-7-12(17)9-15-14(13)18;1-5-9-13(10-6-2)14(11-7-3)12-8-4;2*1-2/h5-10,13,17-19,26H,11-12,14-16,20H2,1-4H3,(H,32,33);4-6,13,16H,3,7-9H2,1-2H3,(H,15,18);13H,5-12H2,1-4H3;2*1-2H3/b21-17+;6-5-,10-4-;;;. The highest BCUT2D eigenvalue weighted by Gasteiger charge is 2.24. The fourth-order valence-corrected chi connectivity index (χ4v) is 9.30. The summed E-state index contributed by atoms with van der Waals surface area (Å²) in [4.78, 5) is 42.1. The second-order valence-corrected chi connectivity index (χ2v) is 19.0. The van der Waals surface area contributed by atoms with Gasteiger partial charge in [0, 0.05) is 60.5 Å². The number of H-pyrrole nitrogens is 1. The second kappa shape index (κ2) is 34.9. The molecule has 72 heavy (non-hydrogen) atoms. The van der Waals surface area contributed by atoms with Crippen LogP contribution in [0.4, 0.5) is 0 Å². The van der Waals surface area contributed by atoms with E-state index >= 15 is 0 Å². The zero-order chi connectivity index (χ0) is 53.6. The van der Waals surface area contributed by atoms with Crippen molar-refractivity contribution in [2.24, 2.45) is 0 Å². The van der Waals surface area contributed by atoms with Crippen LogP contribution in [0.3, 0.4) is 0 Å². The predicted molar refractivity (Wildman–Crippen MR) is 308 cm³/mol. The zero-order valence-corrected chi connectivity index (χ0v) is 47.5. The lowest BCUT2D eigenvalue weighted by Gasteiger charge is -2.33. The molecule has 0 bridgehead atoms. The monoisotopic (exact) mass is 988 g/mol. The van der Waals surface area contributed by atoms with Gasteiger partial charge in [-0.15, -0.1) is 0 Å². The van der Waals surface area contributed by atoms with Crippen LogP contribution in [0.5, 0.6) is 0 Å². The highest BCUT2D eigenvalue weighted by atomic mass is 16.2. The van der Waals surface area contributed by atoms with Crippen molar-refractivity contribution in [3.63, 3.8) is 0 Å². The molecule has 0 radical (unpaired) electrons. The van der Waals surface area contributed by atoms with E-state index in [9.17, 15) is 14.4 Å². The summed E-state index contributed by atoms with van der Waals surface area (Å²) in [5.41, 5.74) is 11.6. The minimum absolute atomic E-state index is 0.0681. The van der Waals surface area contributed by atoms with E-state index in [1.54, 1.807) is 6.92 Å². The van der Waals surface area contributed by atoms with Crippen molar-refractivity contribution < 1.29 is 14.4 Å². The van der Waals surface area contributed by atoms with Gasteiger partial charge in [0.2, 0.25) is 5.91 Å². The molecule has 1 aromatic heterocycles. The fraction of sp³-hybridized carbons (Fsp3) is 0.548. The lowest BCUT2D eigenvalue weighted by atomic mass is 9.88. The summed E-state index contributed by atoms with van der Waals surface area (Å²) >= 11 is 0. The van der Waals surface area contributed by atoms with Gasteiger partial charge >= 0.3 is 0 Å². The van der Waals surface area contributed by atoms with E-state index in [1.807, 2.05) is 78.1 Å². The van der Waals surface area contributed by atoms with Crippen molar-refractivity contribution in [2.75, 3.05) is 52.9 Å². The number of rotatable bonds is 19. The molecule has 4 heterocycles. The average molecular weight is 989 g/mol. The quantitative estimate of drug-likeness (QED) is 0.0804. The van der Waals surface area contributed by atoms with E-state index in [1.165, 1.54) is 85.2 Å². The molecule has 1 atom stereocenters. The van der Waals surface area contributed by atoms with E-state index < -0.39 is 0 Å². The summed E-state index contributed by atoms with van der Waals surface area (Å²) in [6.07, 6.45) is 23.6. The van der Waals surface area contributed by atoms with Crippen LogP contribution < -0.4 is 10.6 Å². The van der Waals surface area contributed by atoms with Gasteiger partial charge in [-0.3, -0.25) is 24.4 Å². The Morgan fingerprint density at radius 3 is 2.12 bits per heavy atom. The molecule has 3 aromatic rings. The van der Waals surface area contributed by atoms with Crippen LogP contribution in [0, 0.1) is 0 Å². The van der Waals surface area contributed by atoms with Crippen molar-refractivity contribution in [3.8, 4) is 0 Å². The Labute approximate surface area is 437 Å². The Morgan fingerprint density at radius 1 is 0.903 bits per heavy atom. The number of likely N-dealkylation sites (N-methyl/N-ethyl adjacent to an activating group) is 1. The van der Waals surface area contributed by atoms with E-state index in [0.29, 0.717) is 24.5 Å². The van der Waals surface area contributed by atoms with Crippen molar-refractivity contribution >= 4 is 33.9 Å². The number of aromatic nitrogens is 2. The predicted octanol–water partition coefficient (Wildman–Crippen LogP) is 13.8. The summed E-state index contributed by atoms with van der Waals surface area (Å²) in [5, 5.41) is 14.0. The maximum Gasteiger partial charge on any atom is 0.242 e. The smallest absolute Gasteiger partial charge is 0.242 e. The Hall–Kier alpha value is -5.32. The third-order valence-electron chi connectivity index (χ3n) is 13.4. The highest BCUT2D eigenvalue weighted by Crippen LogP contribution is 2.34. The number of hydrogen-bond acceptors (Lipinski definition) is 8. The molecule has 2 saturated heterocycles. The molecule has 398 valence electrons. The first-order valence-corrected chi connectivity index (χ1v) is 27.6. The molecular formula is C62H97N7O3. The van der Waals surface area contributed by atoms with Crippen LogP contribution in [0.15, 0.2) is 114 Å². The van der Waals surface area contributed by atoms with Crippen molar-refractivity contribution in [2.45, 2.75) is 172 Å². The minimum atomic E-state index is -0.375. The summed E-state index contributed by atoms with van der Waals surface area (Å²) in [6.45, 7) is 37.9. The normalized spacial score (nSPS) is 16.9. The minimum Gasteiger partial charge on any atom is -0.374 e. The third kappa shape index (κ3) is 21.0. The van der Waals surface area contributed by atoms with Crippen molar-refractivity contribution in [1.82, 2.24) is 35.5 Å². The highest BCUT2D eigenvalue weighted by molar-refractivity contribution is 5.94. The molecular weight excluding hydrogens is 891 g/mol. The number of carbonyl (C=O) groups is 3. The summed E-state index contributed by atoms with van der Waals surface area (Å²) in [5.74, 6) is 0.640. The number of ketones is 2. The number of amides is 1. The van der Waals surface area contributed by atoms with Gasteiger partial charge < -0.3 is 20.4 Å². The molecule has 1 amide bonds.